The molecule has 5 heteroatoms. The second kappa shape index (κ2) is 4.99. The number of amides is 2. The summed E-state index contributed by atoms with van der Waals surface area (Å²) in [5.41, 5.74) is 2.69. The first-order valence-electron chi connectivity index (χ1n) is 9.37. The molecule has 5 nitrogen and oxygen atoms in total. The zero-order valence-electron chi connectivity index (χ0n) is 14.6. The van der Waals surface area contributed by atoms with Crippen LogP contribution in [-0.4, -0.2) is 42.1 Å². The van der Waals surface area contributed by atoms with Crippen molar-refractivity contribution in [1.29, 1.82) is 0 Å². The fraction of sp³-hybridized carbons (Fsp3) is 0.600. The summed E-state index contributed by atoms with van der Waals surface area (Å²) < 4.78 is 5.01. The van der Waals surface area contributed by atoms with E-state index in [4.69, 9.17) is 4.74 Å². The zero-order chi connectivity index (χ0) is 17.2. The number of benzene rings is 1. The van der Waals surface area contributed by atoms with Crippen molar-refractivity contribution in [2.75, 3.05) is 19.7 Å². The molecule has 0 radical (unpaired) electrons. The van der Waals surface area contributed by atoms with Crippen LogP contribution in [0.4, 0.5) is 4.79 Å². The second-order valence-corrected chi connectivity index (χ2v) is 8.41. The first-order valence-corrected chi connectivity index (χ1v) is 9.37. The SMILES string of the molecule is CCc1ccc(C23CC2CN(C(=O)[C@H]2C[C@]4(COC(=O)N4)C2)C3)cc1. The first-order chi connectivity index (χ1) is 12.0. The van der Waals surface area contributed by atoms with Crippen molar-refractivity contribution in [3.8, 4) is 0 Å². The summed E-state index contributed by atoms with van der Waals surface area (Å²) in [4.78, 5) is 26.2. The van der Waals surface area contributed by atoms with E-state index in [0.717, 1.165) is 32.4 Å². The van der Waals surface area contributed by atoms with Crippen molar-refractivity contribution in [2.45, 2.75) is 43.6 Å². The monoisotopic (exact) mass is 340 g/mol. The van der Waals surface area contributed by atoms with E-state index in [2.05, 4.69) is 41.4 Å². The molecule has 132 valence electrons. The highest BCUT2D eigenvalue weighted by Crippen LogP contribution is 2.59. The third-order valence-electron chi connectivity index (χ3n) is 6.86. The lowest BCUT2D eigenvalue weighted by Gasteiger charge is -2.43. The number of likely N-dealkylation sites (tertiary alicyclic amines) is 1. The predicted molar refractivity (Wildman–Crippen MR) is 92.1 cm³/mol. The van der Waals surface area contributed by atoms with Gasteiger partial charge in [-0.25, -0.2) is 4.79 Å². The van der Waals surface area contributed by atoms with E-state index in [1.807, 2.05) is 0 Å². The number of hydrogen-bond acceptors (Lipinski definition) is 3. The smallest absolute Gasteiger partial charge is 0.407 e. The summed E-state index contributed by atoms with van der Waals surface area (Å²) in [6, 6.07) is 8.97. The number of alkyl carbamates (subject to hydrolysis) is 1. The minimum atomic E-state index is -0.345. The highest BCUT2D eigenvalue weighted by atomic mass is 16.6. The van der Waals surface area contributed by atoms with Crippen molar-refractivity contribution in [2.24, 2.45) is 11.8 Å². The molecule has 2 unspecified atom stereocenters. The molecule has 2 heterocycles. The maximum absolute atomic E-state index is 12.9. The maximum Gasteiger partial charge on any atom is 0.407 e. The van der Waals surface area contributed by atoms with E-state index in [1.54, 1.807) is 0 Å². The lowest BCUT2D eigenvalue weighted by atomic mass is 9.68. The molecule has 2 aliphatic heterocycles. The van der Waals surface area contributed by atoms with Crippen molar-refractivity contribution in [3.63, 3.8) is 0 Å². The van der Waals surface area contributed by atoms with Gasteiger partial charge in [-0.3, -0.25) is 4.79 Å². The Labute approximate surface area is 147 Å². The lowest BCUT2D eigenvalue weighted by molar-refractivity contribution is -0.140. The fourth-order valence-electron chi connectivity index (χ4n) is 5.20. The third kappa shape index (κ3) is 2.21. The van der Waals surface area contributed by atoms with Gasteiger partial charge in [0.15, 0.2) is 0 Å². The van der Waals surface area contributed by atoms with Gasteiger partial charge >= 0.3 is 6.09 Å². The number of hydrogen-bond donors (Lipinski definition) is 1. The number of rotatable bonds is 3. The Hall–Kier alpha value is -2.04. The Morgan fingerprint density at radius 1 is 1.28 bits per heavy atom. The number of carbonyl (C=O) groups is 2. The molecule has 2 atom stereocenters. The van der Waals surface area contributed by atoms with Gasteiger partial charge in [-0.1, -0.05) is 31.2 Å². The number of nitrogens with zero attached hydrogens (tertiary/aromatic N) is 1. The summed E-state index contributed by atoms with van der Waals surface area (Å²) in [7, 11) is 0. The van der Waals surface area contributed by atoms with Gasteiger partial charge in [-0.15, -0.1) is 0 Å². The molecule has 2 aliphatic carbocycles. The second-order valence-electron chi connectivity index (χ2n) is 8.41. The van der Waals surface area contributed by atoms with E-state index in [9.17, 15) is 9.59 Å². The lowest BCUT2D eigenvalue weighted by Crippen LogP contribution is -2.58. The van der Waals surface area contributed by atoms with E-state index in [0.29, 0.717) is 12.5 Å². The molecule has 0 aromatic heterocycles. The quantitative estimate of drug-likeness (QED) is 0.918. The maximum atomic E-state index is 12.9. The highest BCUT2D eigenvalue weighted by Gasteiger charge is 2.63. The van der Waals surface area contributed by atoms with Crippen LogP contribution in [0.2, 0.25) is 0 Å². The van der Waals surface area contributed by atoms with Gasteiger partial charge in [0.1, 0.15) is 6.61 Å². The number of fused-ring (bicyclic) bond motifs is 1. The van der Waals surface area contributed by atoms with Gasteiger partial charge in [-0.2, -0.15) is 0 Å². The average Bonchev–Trinajstić information content (AvgIpc) is 2.96. The first kappa shape index (κ1) is 15.2. The summed E-state index contributed by atoms with van der Waals surface area (Å²) >= 11 is 0. The van der Waals surface area contributed by atoms with Gasteiger partial charge < -0.3 is 15.0 Å². The zero-order valence-corrected chi connectivity index (χ0v) is 14.6. The normalized spacial score (nSPS) is 38.1. The van der Waals surface area contributed by atoms with Crippen molar-refractivity contribution < 1.29 is 14.3 Å². The number of nitrogens with one attached hydrogen (secondary N) is 1. The van der Waals surface area contributed by atoms with Gasteiger partial charge in [0.2, 0.25) is 5.91 Å². The molecule has 4 aliphatic rings. The van der Waals surface area contributed by atoms with Crippen LogP contribution in [0.25, 0.3) is 0 Å². The minimum Gasteiger partial charge on any atom is -0.447 e. The van der Waals surface area contributed by atoms with Crippen molar-refractivity contribution >= 4 is 12.0 Å². The van der Waals surface area contributed by atoms with E-state index in [-0.39, 0.29) is 28.9 Å². The van der Waals surface area contributed by atoms with Gasteiger partial charge in [0, 0.05) is 24.4 Å². The Kier molecular flexibility index (Phi) is 3.04. The molecular weight excluding hydrogens is 316 g/mol. The van der Waals surface area contributed by atoms with E-state index >= 15 is 0 Å². The Morgan fingerprint density at radius 3 is 2.68 bits per heavy atom. The summed E-state index contributed by atoms with van der Waals surface area (Å²) in [6.07, 6.45) is 3.36. The van der Waals surface area contributed by atoms with Crippen LogP contribution >= 0.6 is 0 Å². The predicted octanol–water partition coefficient (Wildman–Crippen LogP) is 2.24. The molecule has 25 heavy (non-hydrogen) atoms. The number of aryl methyl sites for hydroxylation is 1. The minimum absolute atomic E-state index is 0.0408. The fourth-order valence-corrected chi connectivity index (χ4v) is 5.20. The van der Waals surface area contributed by atoms with Crippen LogP contribution in [-0.2, 0) is 21.4 Å². The molecule has 4 fully saturated rings. The third-order valence-corrected chi connectivity index (χ3v) is 6.86. The summed E-state index contributed by atoms with van der Waals surface area (Å²) in [5, 5.41) is 2.87. The topological polar surface area (TPSA) is 58.6 Å². The van der Waals surface area contributed by atoms with Crippen LogP contribution in [0, 0.1) is 11.8 Å². The molecule has 1 aromatic carbocycles. The van der Waals surface area contributed by atoms with E-state index in [1.165, 1.54) is 17.5 Å². The number of carbonyl (C=O) groups excluding carboxylic acids is 2. The molecule has 0 bridgehead atoms. The van der Waals surface area contributed by atoms with Gasteiger partial charge in [-0.05, 0) is 42.7 Å². The molecular formula is C20H24N2O3. The largest absolute Gasteiger partial charge is 0.447 e. The summed E-state index contributed by atoms with van der Waals surface area (Å²) in [5.74, 6) is 0.926. The Morgan fingerprint density at radius 2 is 2.04 bits per heavy atom. The van der Waals surface area contributed by atoms with Gasteiger partial charge in [0.05, 0.1) is 5.54 Å². The van der Waals surface area contributed by atoms with Gasteiger partial charge in [0.25, 0.3) is 0 Å². The molecule has 5 rings (SSSR count). The molecule has 1 N–H and O–H groups in total. The van der Waals surface area contributed by atoms with E-state index < -0.39 is 0 Å². The van der Waals surface area contributed by atoms with Crippen LogP contribution in [0.3, 0.4) is 0 Å². The molecule has 2 amide bonds. The van der Waals surface area contributed by atoms with Crippen molar-refractivity contribution in [3.05, 3.63) is 35.4 Å². The van der Waals surface area contributed by atoms with Crippen LogP contribution in [0.5, 0.6) is 0 Å². The average molecular weight is 340 g/mol. The number of cyclic esters (lactones) is 1. The van der Waals surface area contributed by atoms with Crippen LogP contribution in [0.1, 0.15) is 37.3 Å². The number of ether oxygens (including phenoxy) is 1. The Balaban J connectivity index is 1.24. The van der Waals surface area contributed by atoms with Crippen molar-refractivity contribution in [1.82, 2.24) is 10.2 Å². The molecule has 2 saturated carbocycles. The molecule has 2 saturated heterocycles. The highest BCUT2D eigenvalue weighted by molar-refractivity contribution is 5.82. The van der Waals surface area contributed by atoms with Crippen LogP contribution in [0.15, 0.2) is 24.3 Å². The molecule has 1 spiro atoms. The molecule has 1 aromatic rings. The summed E-state index contributed by atoms with van der Waals surface area (Å²) in [6.45, 7) is 4.33. The Bertz CT molecular complexity index is 738. The number of piperidine rings is 1. The van der Waals surface area contributed by atoms with Crippen LogP contribution < -0.4 is 5.32 Å². The standard InChI is InChI=1S/C20H24N2O3/c1-2-13-3-5-15(6-4-13)20-9-16(20)10-22(11-20)17(23)14-7-19(8-14)12-25-18(24)21-19/h3-6,14,16H,2,7-12H2,1H3,(H,21,24)/t14-,16?,19+,20?.